The summed E-state index contributed by atoms with van der Waals surface area (Å²) in [5.74, 6) is -0.253. The minimum atomic E-state index is -4.54. The van der Waals surface area contributed by atoms with E-state index >= 15 is 0 Å². The van der Waals surface area contributed by atoms with Gasteiger partial charge in [0.1, 0.15) is 13.2 Å². The molecule has 3 unspecified atom stereocenters. The zero-order chi connectivity index (χ0) is 23.8. The van der Waals surface area contributed by atoms with Crippen LogP contribution >= 0.6 is 7.82 Å². The highest BCUT2D eigenvalue weighted by Gasteiger charge is 2.22. The average molecular weight is 463 g/mol. The lowest BCUT2D eigenvalue weighted by atomic mass is 10.1. The van der Waals surface area contributed by atoms with E-state index in [-0.39, 0.29) is 12.5 Å². The molecule has 0 spiro atoms. The van der Waals surface area contributed by atoms with Crippen molar-refractivity contribution in [1.82, 2.24) is 5.32 Å². The molecule has 0 saturated heterocycles. The Labute approximate surface area is 188 Å². The lowest BCUT2D eigenvalue weighted by Crippen LogP contribution is -2.45. The number of allylic oxidation sites excluding steroid dienone is 3. The number of nitrogens with zero attached hydrogens (tertiary/aromatic N) is 1. The lowest BCUT2D eigenvalue weighted by Gasteiger charge is -2.29. The Morgan fingerprint density at radius 2 is 1.74 bits per heavy atom. The molecule has 0 aromatic carbocycles. The van der Waals surface area contributed by atoms with Crippen molar-refractivity contribution in [3.05, 3.63) is 24.3 Å². The van der Waals surface area contributed by atoms with Gasteiger partial charge in [-0.2, -0.15) is 0 Å². The molecule has 0 aliphatic rings. The van der Waals surface area contributed by atoms with Crippen molar-refractivity contribution >= 4 is 13.7 Å². The molecule has 3 atom stereocenters. The van der Waals surface area contributed by atoms with E-state index in [4.69, 9.17) is 9.05 Å². The number of hydrogen-bond donors (Lipinski definition) is 2. The molecule has 0 saturated carbocycles. The molecule has 0 radical (unpaired) electrons. The van der Waals surface area contributed by atoms with Crippen molar-refractivity contribution in [1.29, 1.82) is 0 Å². The van der Waals surface area contributed by atoms with Gasteiger partial charge in [-0.1, -0.05) is 51.0 Å². The van der Waals surface area contributed by atoms with Gasteiger partial charge in [-0.25, -0.2) is 0 Å². The third kappa shape index (κ3) is 18.3. The summed E-state index contributed by atoms with van der Waals surface area (Å²) in [6.45, 7) is 4.18. The van der Waals surface area contributed by atoms with Crippen LogP contribution in [-0.2, 0) is 18.4 Å². The van der Waals surface area contributed by atoms with E-state index < -0.39 is 26.6 Å². The van der Waals surface area contributed by atoms with Crippen LogP contribution < -0.4 is 10.2 Å². The summed E-state index contributed by atoms with van der Waals surface area (Å²) in [6.07, 6.45) is 12.1. The second-order valence-electron chi connectivity index (χ2n) is 8.62. The maximum absolute atomic E-state index is 12.1. The molecule has 2 N–H and O–H groups in total. The third-order valence-corrected chi connectivity index (χ3v) is 5.36. The number of phosphoric ester groups is 1. The van der Waals surface area contributed by atoms with E-state index in [1.807, 2.05) is 34.1 Å². The summed E-state index contributed by atoms with van der Waals surface area (Å²) in [4.78, 5) is 24.2. The van der Waals surface area contributed by atoms with E-state index in [1.54, 1.807) is 6.08 Å². The number of phosphoric acid groups is 1. The zero-order valence-corrected chi connectivity index (χ0v) is 20.8. The van der Waals surface area contributed by atoms with E-state index in [0.29, 0.717) is 23.9 Å². The summed E-state index contributed by atoms with van der Waals surface area (Å²) in [5.41, 5.74) is 0. The average Bonchev–Trinajstić information content (AvgIpc) is 2.67. The highest BCUT2D eigenvalue weighted by molar-refractivity contribution is 7.45. The highest BCUT2D eigenvalue weighted by atomic mass is 31.2. The second-order valence-corrected chi connectivity index (χ2v) is 10.0. The molecule has 0 heterocycles. The molecule has 31 heavy (non-hydrogen) atoms. The predicted octanol–water partition coefficient (Wildman–Crippen LogP) is 2.92. The number of carbonyl (C=O) groups excluding carboxylic acids is 1. The Bertz CT molecular complexity index is 589. The van der Waals surface area contributed by atoms with E-state index in [0.717, 1.165) is 32.1 Å². The van der Waals surface area contributed by atoms with Crippen LogP contribution in [0.5, 0.6) is 0 Å². The molecule has 8 nitrogen and oxygen atoms in total. The molecule has 0 aromatic heterocycles. The largest absolute Gasteiger partial charge is 0.756 e. The SMILES string of the molecule is CCC/C=C/CC/C=C/C(O)C(COP(=O)([O-])OCC[N+](C)(C)C)NC(=O)CCCC. The number of aliphatic hydroxyl groups excluding tert-OH is 1. The van der Waals surface area contributed by atoms with Crippen molar-refractivity contribution in [3.63, 3.8) is 0 Å². The number of hydrogen-bond acceptors (Lipinski definition) is 6. The maximum atomic E-state index is 12.1. The van der Waals surface area contributed by atoms with Crippen LogP contribution in [0.2, 0.25) is 0 Å². The number of likely N-dealkylation sites (N-methyl/N-ethyl adjacent to an activating group) is 1. The van der Waals surface area contributed by atoms with Gasteiger partial charge in [0.15, 0.2) is 0 Å². The van der Waals surface area contributed by atoms with Crippen LogP contribution in [0, 0.1) is 0 Å². The number of unbranched alkanes of at least 4 members (excludes halogenated alkanes) is 3. The van der Waals surface area contributed by atoms with Gasteiger partial charge in [0.05, 0.1) is 39.9 Å². The normalized spacial score (nSPS) is 16.5. The van der Waals surface area contributed by atoms with Crippen LogP contribution in [0.3, 0.4) is 0 Å². The third-order valence-electron chi connectivity index (χ3n) is 4.40. The molecular weight excluding hydrogens is 419 g/mol. The van der Waals surface area contributed by atoms with Crippen LogP contribution in [0.4, 0.5) is 0 Å². The summed E-state index contributed by atoms with van der Waals surface area (Å²) in [5, 5.41) is 13.1. The number of aliphatic hydroxyl groups is 1. The van der Waals surface area contributed by atoms with Crippen molar-refractivity contribution in [3.8, 4) is 0 Å². The van der Waals surface area contributed by atoms with Crippen molar-refractivity contribution in [2.45, 2.75) is 70.9 Å². The zero-order valence-electron chi connectivity index (χ0n) is 19.9. The first-order valence-corrected chi connectivity index (χ1v) is 12.7. The Kier molecular flexibility index (Phi) is 16.0. The summed E-state index contributed by atoms with van der Waals surface area (Å²) >= 11 is 0. The quantitative estimate of drug-likeness (QED) is 0.140. The fraction of sp³-hybridized carbons (Fsp3) is 0.773. The van der Waals surface area contributed by atoms with Crippen LogP contribution in [-0.4, -0.2) is 68.5 Å². The van der Waals surface area contributed by atoms with E-state index in [2.05, 4.69) is 24.4 Å². The number of amides is 1. The maximum Gasteiger partial charge on any atom is 0.268 e. The lowest BCUT2D eigenvalue weighted by molar-refractivity contribution is -0.870. The van der Waals surface area contributed by atoms with Gasteiger partial charge >= 0.3 is 0 Å². The molecule has 0 fully saturated rings. The molecule has 0 aromatic rings. The second kappa shape index (κ2) is 16.6. The van der Waals surface area contributed by atoms with E-state index in [1.165, 1.54) is 0 Å². The molecule has 9 heteroatoms. The van der Waals surface area contributed by atoms with Gasteiger partial charge in [-0.3, -0.25) is 9.36 Å². The number of nitrogens with one attached hydrogen (secondary N) is 1. The minimum absolute atomic E-state index is 0.00813. The fourth-order valence-corrected chi connectivity index (χ4v) is 3.16. The Hall–Kier alpha value is -1.02. The Morgan fingerprint density at radius 1 is 1.10 bits per heavy atom. The predicted molar refractivity (Wildman–Crippen MR) is 122 cm³/mol. The Balaban J connectivity index is 4.80. The standard InChI is InChI=1S/C22H43N2O6P/c1-6-8-10-11-12-13-14-15-21(25)20(23-22(26)16-9-7-2)19-30-31(27,28)29-18-17-24(3,4)5/h10-11,14-15,20-21,25H,6-9,12-13,16-19H2,1-5H3,(H-,23,26,27,28)/b11-10+,15-14+. The molecule has 182 valence electrons. The fourth-order valence-electron chi connectivity index (χ4n) is 2.44. The molecule has 0 bridgehead atoms. The topological polar surface area (TPSA) is 108 Å². The summed E-state index contributed by atoms with van der Waals surface area (Å²) < 4.78 is 22.4. The number of rotatable bonds is 18. The molecular formula is C22H43N2O6P. The molecule has 0 aliphatic heterocycles. The monoisotopic (exact) mass is 462 g/mol. The van der Waals surface area contributed by atoms with Crippen LogP contribution in [0.1, 0.15) is 58.8 Å². The van der Waals surface area contributed by atoms with Gasteiger partial charge in [0, 0.05) is 6.42 Å². The van der Waals surface area contributed by atoms with Crippen LogP contribution in [0.25, 0.3) is 0 Å². The van der Waals surface area contributed by atoms with E-state index in [9.17, 15) is 19.4 Å². The number of quaternary nitrogens is 1. The number of carbonyl (C=O) groups is 1. The van der Waals surface area contributed by atoms with Crippen molar-refractivity contribution in [2.24, 2.45) is 0 Å². The summed E-state index contributed by atoms with van der Waals surface area (Å²) in [7, 11) is 1.22. The van der Waals surface area contributed by atoms with Gasteiger partial charge in [-0.15, -0.1) is 0 Å². The van der Waals surface area contributed by atoms with Crippen LogP contribution in [0.15, 0.2) is 24.3 Å². The van der Waals surface area contributed by atoms with Gasteiger partial charge in [-0.05, 0) is 25.7 Å². The highest BCUT2D eigenvalue weighted by Crippen LogP contribution is 2.38. The molecule has 0 rings (SSSR count). The minimum Gasteiger partial charge on any atom is -0.756 e. The Morgan fingerprint density at radius 3 is 2.35 bits per heavy atom. The smallest absolute Gasteiger partial charge is 0.268 e. The van der Waals surface area contributed by atoms with Gasteiger partial charge in [0.2, 0.25) is 5.91 Å². The van der Waals surface area contributed by atoms with Crippen molar-refractivity contribution in [2.75, 3.05) is 40.9 Å². The molecule has 1 amide bonds. The first-order valence-electron chi connectivity index (χ1n) is 11.2. The summed E-state index contributed by atoms with van der Waals surface area (Å²) in [6, 6.07) is -0.888. The van der Waals surface area contributed by atoms with Crippen molar-refractivity contribution < 1.29 is 32.9 Å². The first kappa shape index (κ1) is 30.0. The first-order chi connectivity index (χ1) is 14.5. The molecule has 0 aliphatic carbocycles. The van der Waals surface area contributed by atoms with Gasteiger partial charge < -0.3 is 28.8 Å². The van der Waals surface area contributed by atoms with Gasteiger partial charge in [0.25, 0.3) is 7.82 Å².